The Hall–Kier alpha value is -1.33. The van der Waals surface area contributed by atoms with Crippen LogP contribution in [-0.4, -0.2) is 87.5 Å². The second-order valence-corrected chi connectivity index (χ2v) is 9.83. The fraction of sp³-hybridized carbons (Fsp3) is 0.821. The van der Waals surface area contributed by atoms with Crippen molar-refractivity contribution in [1.29, 1.82) is 0 Å². The number of rotatable bonds is 20. The van der Waals surface area contributed by atoms with Crippen LogP contribution in [0.2, 0.25) is 0 Å². The maximum absolute atomic E-state index is 12.6. The van der Waals surface area contributed by atoms with E-state index < -0.39 is 49.5 Å². The summed E-state index contributed by atoms with van der Waals surface area (Å²) in [6, 6.07) is -0.798. The number of hydrogen-bond acceptors (Lipinski definition) is 8. The third-order valence-corrected chi connectivity index (χ3v) is 6.50. The summed E-state index contributed by atoms with van der Waals surface area (Å²) >= 11 is 0. The van der Waals surface area contributed by atoms with Crippen molar-refractivity contribution >= 4 is 5.91 Å². The molecule has 1 amide bonds. The van der Waals surface area contributed by atoms with Gasteiger partial charge in [-0.15, -0.1) is 0 Å². The normalized spacial score (nSPS) is 26.1. The van der Waals surface area contributed by atoms with E-state index in [1.165, 1.54) is 6.42 Å². The van der Waals surface area contributed by atoms with E-state index in [0.717, 1.165) is 64.2 Å². The molecule has 1 aliphatic rings. The molecule has 0 spiro atoms. The summed E-state index contributed by atoms with van der Waals surface area (Å²) in [5.41, 5.74) is 0. The number of carbonyl (C=O) groups excluding carboxylic acids is 1. The Balaban J connectivity index is 2.54. The van der Waals surface area contributed by atoms with Crippen LogP contribution in [0.15, 0.2) is 24.3 Å². The summed E-state index contributed by atoms with van der Waals surface area (Å²) < 4.78 is 11.0. The van der Waals surface area contributed by atoms with Crippen molar-refractivity contribution in [3.63, 3.8) is 0 Å². The van der Waals surface area contributed by atoms with Crippen LogP contribution in [0, 0.1) is 0 Å². The van der Waals surface area contributed by atoms with Crippen LogP contribution >= 0.6 is 0 Å². The van der Waals surface area contributed by atoms with Crippen LogP contribution in [0.1, 0.15) is 90.9 Å². The lowest BCUT2D eigenvalue weighted by atomic mass is 9.99. The number of aliphatic hydroxyl groups is 5. The van der Waals surface area contributed by atoms with Crippen molar-refractivity contribution in [1.82, 2.24) is 5.32 Å². The molecule has 0 aliphatic carbocycles. The number of unbranched alkanes of at least 4 members (excludes halogenated alkanes) is 8. The SMILES string of the molecule is CCC/C=C\CCCCCCCC(=O)NC(COC1OC(CO)C(O)C(O)C1O)C(O)/C=C/CCCC. The second kappa shape index (κ2) is 20.6. The Morgan fingerprint density at radius 3 is 2.27 bits per heavy atom. The molecule has 0 bridgehead atoms. The molecule has 1 aliphatic heterocycles. The molecule has 0 aromatic carbocycles. The average molecular weight is 530 g/mol. The zero-order valence-electron chi connectivity index (χ0n) is 22.7. The largest absolute Gasteiger partial charge is 0.394 e. The van der Waals surface area contributed by atoms with Gasteiger partial charge in [-0.3, -0.25) is 4.79 Å². The van der Waals surface area contributed by atoms with Gasteiger partial charge in [0.15, 0.2) is 6.29 Å². The number of allylic oxidation sites excluding steroid dienone is 3. The summed E-state index contributed by atoms with van der Waals surface area (Å²) in [7, 11) is 0. The molecule has 9 heteroatoms. The highest BCUT2D eigenvalue weighted by atomic mass is 16.7. The maximum Gasteiger partial charge on any atom is 0.220 e. The molecule has 37 heavy (non-hydrogen) atoms. The highest BCUT2D eigenvalue weighted by Gasteiger charge is 2.44. The molecule has 1 saturated heterocycles. The summed E-state index contributed by atoms with van der Waals surface area (Å²) in [5, 5.41) is 53.0. The lowest BCUT2D eigenvalue weighted by Crippen LogP contribution is -2.60. The standard InChI is InChI=1S/C28H51NO8/c1-3-5-7-9-10-11-12-13-14-16-18-24(32)29-21(22(31)17-15-8-6-4-2)20-36-28-27(35)26(34)25(33)23(19-30)37-28/h7,9,15,17,21-23,25-28,30-31,33-35H,3-6,8,10-14,16,18-20H2,1-2H3,(H,29,32)/b9-7-,17-15+. The molecule has 0 saturated carbocycles. The molecule has 1 heterocycles. The number of carbonyl (C=O) groups is 1. The van der Waals surface area contributed by atoms with E-state index in [-0.39, 0.29) is 12.5 Å². The van der Waals surface area contributed by atoms with Crippen LogP contribution in [0.5, 0.6) is 0 Å². The van der Waals surface area contributed by atoms with Gasteiger partial charge in [-0.1, -0.05) is 76.7 Å². The third kappa shape index (κ3) is 13.9. The van der Waals surface area contributed by atoms with Gasteiger partial charge in [-0.25, -0.2) is 0 Å². The predicted molar refractivity (Wildman–Crippen MR) is 143 cm³/mol. The van der Waals surface area contributed by atoms with Crippen molar-refractivity contribution < 1.29 is 39.8 Å². The Bertz CT molecular complexity index is 642. The van der Waals surface area contributed by atoms with Gasteiger partial charge in [-0.05, 0) is 32.1 Å². The van der Waals surface area contributed by atoms with Gasteiger partial charge in [0.2, 0.25) is 5.91 Å². The smallest absolute Gasteiger partial charge is 0.220 e. The van der Waals surface area contributed by atoms with E-state index in [4.69, 9.17) is 9.47 Å². The Morgan fingerprint density at radius 2 is 1.57 bits per heavy atom. The first-order valence-corrected chi connectivity index (χ1v) is 14.1. The number of nitrogens with one attached hydrogen (secondary N) is 1. The predicted octanol–water partition coefficient (Wildman–Crippen LogP) is 2.48. The van der Waals surface area contributed by atoms with Crippen LogP contribution in [0.4, 0.5) is 0 Å². The van der Waals surface area contributed by atoms with E-state index in [9.17, 15) is 30.3 Å². The fourth-order valence-corrected chi connectivity index (χ4v) is 4.08. The fourth-order valence-electron chi connectivity index (χ4n) is 4.08. The minimum Gasteiger partial charge on any atom is -0.394 e. The molecule has 1 rings (SSSR count). The van der Waals surface area contributed by atoms with Crippen molar-refractivity contribution in [3.05, 3.63) is 24.3 Å². The topological polar surface area (TPSA) is 149 Å². The monoisotopic (exact) mass is 529 g/mol. The minimum absolute atomic E-state index is 0.195. The molecule has 7 atom stereocenters. The summed E-state index contributed by atoms with van der Waals surface area (Å²) in [5.74, 6) is -0.203. The first kappa shape index (κ1) is 33.7. The molecule has 0 aromatic rings. The third-order valence-electron chi connectivity index (χ3n) is 6.50. The Labute approximate surface area is 222 Å². The molecule has 216 valence electrons. The van der Waals surface area contributed by atoms with E-state index in [1.807, 2.05) is 6.08 Å². The molecular formula is C28H51NO8. The lowest BCUT2D eigenvalue weighted by Gasteiger charge is -2.40. The molecule has 9 nitrogen and oxygen atoms in total. The summed E-state index contributed by atoms with van der Waals surface area (Å²) in [6.07, 6.45) is 11.5. The molecule has 7 unspecified atom stereocenters. The molecule has 0 aromatic heterocycles. The first-order valence-electron chi connectivity index (χ1n) is 14.1. The molecule has 1 fully saturated rings. The quantitative estimate of drug-likeness (QED) is 0.104. The van der Waals surface area contributed by atoms with E-state index in [0.29, 0.717) is 6.42 Å². The highest BCUT2D eigenvalue weighted by molar-refractivity contribution is 5.76. The molecule has 0 radical (unpaired) electrons. The lowest BCUT2D eigenvalue weighted by molar-refractivity contribution is -0.302. The van der Waals surface area contributed by atoms with Crippen LogP contribution in [0.3, 0.4) is 0 Å². The van der Waals surface area contributed by atoms with Gasteiger partial charge in [0.1, 0.15) is 24.4 Å². The van der Waals surface area contributed by atoms with Crippen molar-refractivity contribution in [2.45, 2.75) is 134 Å². The number of aliphatic hydroxyl groups excluding tert-OH is 5. The first-order chi connectivity index (χ1) is 17.8. The van der Waals surface area contributed by atoms with Gasteiger partial charge in [0, 0.05) is 6.42 Å². The molecule has 6 N–H and O–H groups in total. The van der Waals surface area contributed by atoms with Gasteiger partial charge in [0.25, 0.3) is 0 Å². The summed E-state index contributed by atoms with van der Waals surface area (Å²) in [4.78, 5) is 12.6. The molecular weight excluding hydrogens is 478 g/mol. The van der Waals surface area contributed by atoms with Crippen molar-refractivity contribution in [3.8, 4) is 0 Å². The van der Waals surface area contributed by atoms with Gasteiger partial charge < -0.3 is 40.3 Å². The van der Waals surface area contributed by atoms with Crippen LogP contribution in [0.25, 0.3) is 0 Å². The number of amides is 1. The second-order valence-electron chi connectivity index (χ2n) is 9.83. The minimum atomic E-state index is -1.56. The number of hydrogen-bond donors (Lipinski definition) is 6. The van der Waals surface area contributed by atoms with E-state index >= 15 is 0 Å². The Kier molecular flexibility index (Phi) is 18.8. The highest BCUT2D eigenvalue weighted by Crippen LogP contribution is 2.22. The van der Waals surface area contributed by atoms with Gasteiger partial charge >= 0.3 is 0 Å². The zero-order valence-corrected chi connectivity index (χ0v) is 22.7. The van der Waals surface area contributed by atoms with Gasteiger partial charge in [-0.2, -0.15) is 0 Å². The van der Waals surface area contributed by atoms with Crippen LogP contribution < -0.4 is 5.32 Å². The number of ether oxygens (including phenoxy) is 2. The van der Waals surface area contributed by atoms with Crippen molar-refractivity contribution in [2.75, 3.05) is 13.2 Å². The van der Waals surface area contributed by atoms with Crippen LogP contribution in [-0.2, 0) is 14.3 Å². The average Bonchev–Trinajstić information content (AvgIpc) is 2.89. The zero-order chi connectivity index (χ0) is 27.5. The van der Waals surface area contributed by atoms with Crippen molar-refractivity contribution in [2.24, 2.45) is 0 Å². The Morgan fingerprint density at radius 1 is 0.892 bits per heavy atom. The summed E-state index contributed by atoms with van der Waals surface area (Å²) in [6.45, 7) is 3.48. The van der Waals surface area contributed by atoms with Gasteiger partial charge in [0.05, 0.1) is 25.4 Å². The maximum atomic E-state index is 12.6. The van der Waals surface area contributed by atoms with E-state index in [1.54, 1.807) is 6.08 Å². The van der Waals surface area contributed by atoms with E-state index in [2.05, 4.69) is 31.3 Å².